The van der Waals surface area contributed by atoms with Crippen LogP contribution in [0.2, 0.25) is 5.02 Å². The van der Waals surface area contributed by atoms with Crippen LogP contribution < -0.4 is 10.9 Å². The second-order valence-corrected chi connectivity index (χ2v) is 4.53. The summed E-state index contributed by atoms with van der Waals surface area (Å²) in [5, 5.41) is 3.25. The molecule has 2 rings (SSSR count). The Kier molecular flexibility index (Phi) is 4.29. The molecule has 0 aliphatic rings. The van der Waals surface area contributed by atoms with Crippen LogP contribution >= 0.6 is 11.6 Å². The lowest BCUT2D eigenvalue weighted by atomic mass is 10.1. The van der Waals surface area contributed by atoms with Gasteiger partial charge in [-0.05, 0) is 24.7 Å². The topological polar surface area (TPSA) is 57.8 Å². The van der Waals surface area contributed by atoms with Gasteiger partial charge in [-0.3, -0.25) is 4.79 Å². The van der Waals surface area contributed by atoms with Crippen LogP contribution in [0.1, 0.15) is 17.1 Å². The smallest absolute Gasteiger partial charge is 0.251 e. The van der Waals surface area contributed by atoms with Crippen LogP contribution in [0.4, 0.5) is 4.39 Å². The number of nitrogens with zero attached hydrogens (tertiary/aromatic N) is 1. The summed E-state index contributed by atoms with van der Waals surface area (Å²) in [4.78, 5) is 18.5. The van der Waals surface area contributed by atoms with Crippen molar-refractivity contribution in [3.05, 3.63) is 62.5 Å². The molecular weight excluding hydrogens is 269 g/mol. The van der Waals surface area contributed by atoms with Gasteiger partial charge in [-0.2, -0.15) is 0 Å². The third-order valence-corrected chi connectivity index (χ3v) is 2.93. The van der Waals surface area contributed by atoms with E-state index in [0.29, 0.717) is 35.1 Å². The summed E-state index contributed by atoms with van der Waals surface area (Å²) in [6, 6.07) is 5.60. The van der Waals surface area contributed by atoms with Crippen LogP contribution in [0.5, 0.6) is 0 Å². The molecule has 19 heavy (non-hydrogen) atoms. The number of aromatic amines is 1. The summed E-state index contributed by atoms with van der Waals surface area (Å²) >= 11 is 5.95. The van der Waals surface area contributed by atoms with Crippen molar-refractivity contribution in [1.82, 2.24) is 15.3 Å². The van der Waals surface area contributed by atoms with Crippen molar-refractivity contribution in [2.75, 3.05) is 7.05 Å². The quantitative estimate of drug-likeness (QED) is 0.899. The first-order valence-corrected chi connectivity index (χ1v) is 6.14. The zero-order valence-electron chi connectivity index (χ0n) is 10.3. The summed E-state index contributed by atoms with van der Waals surface area (Å²) in [6.07, 6.45) is 0.353. The maximum atomic E-state index is 12.9. The number of H-pyrrole nitrogens is 1. The van der Waals surface area contributed by atoms with Crippen LogP contribution in [0.15, 0.2) is 29.1 Å². The summed E-state index contributed by atoms with van der Waals surface area (Å²) < 4.78 is 12.9. The van der Waals surface area contributed by atoms with Crippen LogP contribution in [0, 0.1) is 5.82 Å². The number of rotatable bonds is 4. The Labute approximate surface area is 114 Å². The van der Waals surface area contributed by atoms with Crippen molar-refractivity contribution in [2.24, 2.45) is 0 Å². The van der Waals surface area contributed by atoms with E-state index in [4.69, 9.17) is 11.6 Å². The lowest BCUT2D eigenvalue weighted by Crippen LogP contribution is -2.16. The van der Waals surface area contributed by atoms with E-state index >= 15 is 0 Å². The molecule has 4 nitrogen and oxygen atoms in total. The molecule has 6 heteroatoms. The summed E-state index contributed by atoms with van der Waals surface area (Å²) in [7, 11) is 1.78. The molecule has 0 unspecified atom stereocenters. The minimum atomic E-state index is -0.390. The second-order valence-electron chi connectivity index (χ2n) is 4.13. The van der Waals surface area contributed by atoms with E-state index in [1.165, 1.54) is 18.2 Å². The van der Waals surface area contributed by atoms with Gasteiger partial charge < -0.3 is 10.3 Å². The van der Waals surface area contributed by atoms with E-state index in [1.807, 2.05) is 0 Å². The highest BCUT2D eigenvalue weighted by Gasteiger charge is 2.06. The zero-order valence-corrected chi connectivity index (χ0v) is 11.1. The summed E-state index contributed by atoms with van der Waals surface area (Å²) in [5.74, 6) is 0.116. The van der Waals surface area contributed by atoms with Gasteiger partial charge in [0.25, 0.3) is 5.56 Å². The van der Waals surface area contributed by atoms with Gasteiger partial charge in [0, 0.05) is 24.1 Å². The van der Waals surface area contributed by atoms with E-state index in [0.717, 1.165) is 0 Å². The average Bonchev–Trinajstić information content (AvgIpc) is 2.32. The first-order valence-electron chi connectivity index (χ1n) is 5.76. The molecule has 0 bridgehead atoms. The molecule has 0 fully saturated rings. The minimum absolute atomic E-state index is 0.214. The molecule has 1 heterocycles. The molecule has 2 N–H and O–H groups in total. The average molecular weight is 282 g/mol. The van der Waals surface area contributed by atoms with E-state index in [-0.39, 0.29) is 11.4 Å². The van der Waals surface area contributed by atoms with E-state index in [1.54, 1.807) is 13.1 Å². The Hall–Kier alpha value is -1.72. The number of halogens is 2. The van der Waals surface area contributed by atoms with Crippen molar-refractivity contribution in [1.29, 1.82) is 0 Å². The van der Waals surface area contributed by atoms with Gasteiger partial charge in [0.15, 0.2) is 0 Å². The molecule has 0 spiro atoms. The fourth-order valence-corrected chi connectivity index (χ4v) is 2.00. The summed E-state index contributed by atoms with van der Waals surface area (Å²) in [5.41, 5.74) is 1.15. The Morgan fingerprint density at radius 2 is 2.21 bits per heavy atom. The molecule has 1 aromatic heterocycles. The Bertz CT molecular complexity index is 642. The Morgan fingerprint density at radius 3 is 2.89 bits per heavy atom. The predicted octanol–water partition coefficient (Wildman–Crippen LogP) is 1.87. The SMILES string of the molecule is CNCc1cc(=O)[nH]c(Cc2ccc(F)cc2Cl)n1. The predicted molar refractivity (Wildman–Crippen MR) is 71.8 cm³/mol. The molecule has 0 amide bonds. The standard InChI is InChI=1S/C13H13ClFN3O/c1-16-7-10-6-13(19)18-12(17-10)4-8-2-3-9(15)5-11(8)14/h2-3,5-6,16H,4,7H2,1H3,(H,17,18,19). The van der Waals surface area contributed by atoms with Crippen LogP contribution in [0.25, 0.3) is 0 Å². The lowest BCUT2D eigenvalue weighted by Gasteiger charge is -2.06. The highest BCUT2D eigenvalue weighted by molar-refractivity contribution is 6.31. The normalized spacial score (nSPS) is 10.7. The molecule has 100 valence electrons. The molecule has 2 aromatic rings. The molecule has 0 aliphatic carbocycles. The largest absolute Gasteiger partial charge is 0.314 e. The highest BCUT2D eigenvalue weighted by atomic mass is 35.5. The Balaban J connectivity index is 2.30. The first-order chi connectivity index (χ1) is 9.08. The van der Waals surface area contributed by atoms with E-state index in [2.05, 4.69) is 15.3 Å². The third-order valence-electron chi connectivity index (χ3n) is 2.57. The minimum Gasteiger partial charge on any atom is -0.314 e. The fourth-order valence-electron chi connectivity index (χ4n) is 1.76. The highest BCUT2D eigenvalue weighted by Crippen LogP contribution is 2.19. The number of aromatic nitrogens is 2. The number of benzene rings is 1. The first kappa shape index (κ1) is 13.7. The second kappa shape index (κ2) is 5.95. The van der Waals surface area contributed by atoms with Gasteiger partial charge >= 0.3 is 0 Å². The third kappa shape index (κ3) is 3.62. The molecule has 0 saturated heterocycles. The molecule has 0 atom stereocenters. The van der Waals surface area contributed by atoms with Crippen LogP contribution in [-0.2, 0) is 13.0 Å². The van der Waals surface area contributed by atoms with Gasteiger partial charge in [-0.25, -0.2) is 9.37 Å². The van der Waals surface area contributed by atoms with Gasteiger partial charge in [0.1, 0.15) is 11.6 Å². The van der Waals surface area contributed by atoms with Gasteiger partial charge in [0.05, 0.1) is 5.69 Å². The maximum absolute atomic E-state index is 12.9. The monoisotopic (exact) mass is 281 g/mol. The van der Waals surface area contributed by atoms with Crippen LogP contribution in [0.3, 0.4) is 0 Å². The van der Waals surface area contributed by atoms with Gasteiger partial charge in [0.2, 0.25) is 0 Å². The van der Waals surface area contributed by atoms with Crippen molar-refractivity contribution < 1.29 is 4.39 Å². The van der Waals surface area contributed by atoms with Gasteiger partial charge in [-0.15, -0.1) is 0 Å². The number of hydrogen-bond acceptors (Lipinski definition) is 3. The van der Waals surface area contributed by atoms with Gasteiger partial charge in [-0.1, -0.05) is 17.7 Å². The summed E-state index contributed by atoms with van der Waals surface area (Å²) in [6.45, 7) is 0.508. The fraction of sp³-hybridized carbons (Fsp3) is 0.231. The molecule has 1 aromatic carbocycles. The maximum Gasteiger partial charge on any atom is 0.251 e. The molecule has 0 saturated carbocycles. The zero-order chi connectivity index (χ0) is 13.8. The van der Waals surface area contributed by atoms with Crippen molar-refractivity contribution >= 4 is 11.6 Å². The van der Waals surface area contributed by atoms with Crippen molar-refractivity contribution in [3.63, 3.8) is 0 Å². The lowest BCUT2D eigenvalue weighted by molar-refractivity contribution is 0.627. The number of nitrogens with one attached hydrogen (secondary N) is 2. The van der Waals surface area contributed by atoms with Crippen molar-refractivity contribution in [3.8, 4) is 0 Å². The van der Waals surface area contributed by atoms with E-state index in [9.17, 15) is 9.18 Å². The van der Waals surface area contributed by atoms with Crippen LogP contribution in [-0.4, -0.2) is 17.0 Å². The molecule has 0 radical (unpaired) electrons. The molecular formula is C13H13ClFN3O. The van der Waals surface area contributed by atoms with Crippen molar-refractivity contribution in [2.45, 2.75) is 13.0 Å². The number of hydrogen-bond donors (Lipinski definition) is 2. The molecule has 0 aliphatic heterocycles. The van der Waals surface area contributed by atoms with E-state index < -0.39 is 0 Å². The Morgan fingerprint density at radius 1 is 1.42 bits per heavy atom.